The number of piperidine rings is 1. The van der Waals surface area contributed by atoms with Crippen molar-refractivity contribution >= 4 is 10.0 Å². The van der Waals surface area contributed by atoms with Gasteiger partial charge in [-0.1, -0.05) is 0 Å². The molecule has 2 aromatic rings. The summed E-state index contributed by atoms with van der Waals surface area (Å²) in [6.07, 6.45) is 3.49. The highest BCUT2D eigenvalue weighted by molar-refractivity contribution is 7.89. The predicted molar refractivity (Wildman–Crippen MR) is 90.5 cm³/mol. The molecule has 2 heterocycles. The van der Waals surface area contributed by atoms with E-state index >= 15 is 0 Å². The van der Waals surface area contributed by atoms with Gasteiger partial charge in [0.2, 0.25) is 10.0 Å². The van der Waals surface area contributed by atoms with Gasteiger partial charge in [-0.2, -0.15) is 4.31 Å². The zero-order valence-electron chi connectivity index (χ0n) is 13.8. The normalized spacial score (nSPS) is 19.2. The first-order chi connectivity index (χ1) is 11.5. The van der Waals surface area contributed by atoms with E-state index in [-0.39, 0.29) is 5.92 Å². The van der Waals surface area contributed by atoms with Gasteiger partial charge in [0.1, 0.15) is 11.6 Å². The van der Waals surface area contributed by atoms with Gasteiger partial charge in [-0.05, 0) is 50.1 Å². The second kappa shape index (κ2) is 6.86. The van der Waals surface area contributed by atoms with Crippen LogP contribution < -0.4 is 4.74 Å². The van der Waals surface area contributed by atoms with Crippen molar-refractivity contribution in [3.63, 3.8) is 0 Å². The third-order valence-corrected chi connectivity index (χ3v) is 6.18. The molecular formula is C17H21N3O3S. The van der Waals surface area contributed by atoms with E-state index in [4.69, 9.17) is 4.74 Å². The number of aryl methyl sites for hydroxylation is 1. The van der Waals surface area contributed by atoms with Crippen molar-refractivity contribution in [3.05, 3.63) is 48.0 Å². The molecule has 128 valence electrons. The van der Waals surface area contributed by atoms with Crippen molar-refractivity contribution in [1.82, 2.24) is 14.3 Å². The number of hydrogen-bond acceptors (Lipinski definition) is 5. The number of nitrogens with zero attached hydrogens (tertiary/aromatic N) is 3. The van der Waals surface area contributed by atoms with Crippen molar-refractivity contribution in [2.24, 2.45) is 0 Å². The lowest BCUT2D eigenvalue weighted by atomic mass is 9.96. The molecule has 0 N–H and O–H groups in total. The van der Waals surface area contributed by atoms with E-state index in [9.17, 15) is 8.42 Å². The fraction of sp³-hybridized carbons (Fsp3) is 0.412. The first kappa shape index (κ1) is 16.9. The van der Waals surface area contributed by atoms with Gasteiger partial charge in [-0.3, -0.25) is 0 Å². The lowest BCUT2D eigenvalue weighted by Crippen LogP contribution is -2.39. The molecule has 0 bridgehead atoms. The van der Waals surface area contributed by atoms with Crippen LogP contribution in [-0.2, 0) is 10.0 Å². The Labute approximate surface area is 142 Å². The summed E-state index contributed by atoms with van der Waals surface area (Å²) < 4.78 is 32.4. The summed E-state index contributed by atoms with van der Waals surface area (Å²) in [7, 11) is -1.95. The highest BCUT2D eigenvalue weighted by Crippen LogP contribution is 2.29. The van der Waals surface area contributed by atoms with Gasteiger partial charge >= 0.3 is 0 Å². The number of rotatable bonds is 4. The number of aromatic nitrogens is 2. The van der Waals surface area contributed by atoms with Crippen LogP contribution in [-0.4, -0.2) is 42.9 Å². The highest BCUT2D eigenvalue weighted by Gasteiger charge is 2.31. The Balaban J connectivity index is 1.82. The molecule has 0 radical (unpaired) electrons. The highest BCUT2D eigenvalue weighted by atomic mass is 32.2. The van der Waals surface area contributed by atoms with Gasteiger partial charge in [0.15, 0.2) is 0 Å². The summed E-state index contributed by atoms with van der Waals surface area (Å²) in [5, 5.41) is 0. The van der Waals surface area contributed by atoms with Crippen LogP contribution in [0.3, 0.4) is 0 Å². The van der Waals surface area contributed by atoms with Crippen molar-refractivity contribution in [3.8, 4) is 5.75 Å². The van der Waals surface area contributed by atoms with Crippen LogP contribution in [0.4, 0.5) is 0 Å². The zero-order valence-corrected chi connectivity index (χ0v) is 14.7. The molecule has 0 aliphatic carbocycles. The van der Waals surface area contributed by atoms with E-state index < -0.39 is 10.0 Å². The minimum absolute atomic E-state index is 0.105. The summed E-state index contributed by atoms with van der Waals surface area (Å²) in [6, 6.07) is 8.39. The molecule has 1 fully saturated rings. The van der Waals surface area contributed by atoms with Gasteiger partial charge in [0, 0.05) is 30.9 Å². The van der Waals surface area contributed by atoms with Crippen molar-refractivity contribution in [1.29, 1.82) is 0 Å². The average molecular weight is 347 g/mol. The minimum Gasteiger partial charge on any atom is -0.497 e. The van der Waals surface area contributed by atoms with Gasteiger partial charge in [-0.15, -0.1) is 0 Å². The lowest BCUT2D eigenvalue weighted by Gasteiger charge is -2.31. The van der Waals surface area contributed by atoms with Gasteiger partial charge in [-0.25, -0.2) is 18.4 Å². The topological polar surface area (TPSA) is 72.4 Å². The minimum atomic E-state index is -3.50. The zero-order chi connectivity index (χ0) is 17.2. The number of hydrogen-bond donors (Lipinski definition) is 0. The Kier molecular flexibility index (Phi) is 4.82. The molecule has 1 aromatic carbocycles. The SMILES string of the molecule is COc1ccc(S(=O)(=O)N2CCCC(c3ccnc(C)n3)C2)cc1. The Morgan fingerprint density at radius 1 is 1.21 bits per heavy atom. The smallest absolute Gasteiger partial charge is 0.243 e. The monoisotopic (exact) mass is 347 g/mol. The molecule has 1 aromatic heterocycles. The summed E-state index contributed by atoms with van der Waals surface area (Å²) in [5.41, 5.74) is 0.914. The first-order valence-electron chi connectivity index (χ1n) is 7.94. The summed E-state index contributed by atoms with van der Waals surface area (Å²) in [5.74, 6) is 1.46. The molecule has 6 nitrogen and oxygen atoms in total. The van der Waals surface area contributed by atoms with Gasteiger partial charge in [0.25, 0.3) is 0 Å². The van der Waals surface area contributed by atoms with E-state index in [1.54, 1.807) is 41.9 Å². The maximum atomic E-state index is 12.9. The van der Waals surface area contributed by atoms with E-state index in [1.807, 2.05) is 13.0 Å². The lowest BCUT2D eigenvalue weighted by molar-refractivity contribution is 0.312. The third-order valence-electron chi connectivity index (χ3n) is 4.30. The van der Waals surface area contributed by atoms with Crippen LogP contribution in [0, 0.1) is 6.92 Å². The summed E-state index contributed by atoms with van der Waals surface area (Å²) in [6.45, 7) is 2.83. The van der Waals surface area contributed by atoms with Crippen LogP contribution in [0.2, 0.25) is 0 Å². The quantitative estimate of drug-likeness (QED) is 0.849. The Morgan fingerprint density at radius 2 is 1.96 bits per heavy atom. The van der Waals surface area contributed by atoms with Crippen LogP contribution in [0.5, 0.6) is 5.75 Å². The molecule has 0 amide bonds. The number of ether oxygens (including phenoxy) is 1. The number of benzene rings is 1. The molecule has 0 spiro atoms. The number of sulfonamides is 1. The molecule has 1 aliphatic heterocycles. The average Bonchev–Trinajstić information content (AvgIpc) is 2.62. The van der Waals surface area contributed by atoms with Crippen LogP contribution in [0.25, 0.3) is 0 Å². The summed E-state index contributed by atoms with van der Waals surface area (Å²) in [4.78, 5) is 8.87. The van der Waals surface area contributed by atoms with Crippen LogP contribution in [0.15, 0.2) is 41.4 Å². The third kappa shape index (κ3) is 3.42. The van der Waals surface area contributed by atoms with E-state index in [2.05, 4.69) is 9.97 Å². The largest absolute Gasteiger partial charge is 0.497 e. The van der Waals surface area contributed by atoms with Crippen molar-refractivity contribution < 1.29 is 13.2 Å². The van der Waals surface area contributed by atoms with Crippen molar-refractivity contribution in [2.75, 3.05) is 20.2 Å². The fourth-order valence-electron chi connectivity index (χ4n) is 3.00. The Bertz CT molecular complexity index is 806. The fourth-order valence-corrected chi connectivity index (χ4v) is 4.52. The second-order valence-electron chi connectivity index (χ2n) is 5.91. The maximum Gasteiger partial charge on any atom is 0.243 e. The second-order valence-corrected chi connectivity index (χ2v) is 7.84. The van der Waals surface area contributed by atoms with Crippen LogP contribution in [0.1, 0.15) is 30.3 Å². The molecule has 1 atom stereocenters. The van der Waals surface area contributed by atoms with Gasteiger partial charge in [0.05, 0.1) is 12.0 Å². The standard InChI is InChI=1S/C17H21N3O3S/c1-13-18-10-9-17(19-13)14-4-3-11-20(12-14)24(21,22)16-7-5-15(23-2)6-8-16/h5-10,14H,3-4,11-12H2,1-2H3. The molecule has 1 unspecified atom stereocenters. The molecule has 3 rings (SSSR count). The molecular weight excluding hydrogens is 326 g/mol. The van der Waals surface area contributed by atoms with E-state index in [0.29, 0.717) is 29.6 Å². The Hall–Kier alpha value is -1.99. The first-order valence-corrected chi connectivity index (χ1v) is 9.38. The number of methoxy groups -OCH3 is 1. The molecule has 0 saturated carbocycles. The molecule has 24 heavy (non-hydrogen) atoms. The van der Waals surface area contributed by atoms with Gasteiger partial charge < -0.3 is 4.74 Å². The maximum absolute atomic E-state index is 12.9. The molecule has 1 saturated heterocycles. The summed E-state index contributed by atoms with van der Waals surface area (Å²) >= 11 is 0. The Morgan fingerprint density at radius 3 is 2.62 bits per heavy atom. The van der Waals surface area contributed by atoms with E-state index in [0.717, 1.165) is 18.5 Å². The molecule has 1 aliphatic rings. The van der Waals surface area contributed by atoms with Crippen LogP contribution >= 0.6 is 0 Å². The molecule has 7 heteroatoms. The van der Waals surface area contributed by atoms with Crippen molar-refractivity contribution in [2.45, 2.75) is 30.6 Å². The van der Waals surface area contributed by atoms with E-state index in [1.165, 1.54) is 0 Å². The predicted octanol–water partition coefficient (Wildman–Crippen LogP) is 2.36.